The number of carbonyl (C=O) groups is 1. The van der Waals surface area contributed by atoms with Gasteiger partial charge in [-0.2, -0.15) is 0 Å². The molecule has 0 aliphatic carbocycles. The maximum Gasteiger partial charge on any atom is 0.261 e. The number of benzene rings is 1. The van der Waals surface area contributed by atoms with Gasteiger partial charge in [0.15, 0.2) is 0 Å². The van der Waals surface area contributed by atoms with Gasteiger partial charge in [-0.3, -0.25) is 9.59 Å². The van der Waals surface area contributed by atoms with Gasteiger partial charge in [0, 0.05) is 24.0 Å². The quantitative estimate of drug-likeness (QED) is 0.938. The highest BCUT2D eigenvalue weighted by Crippen LogP contribution is 2.26. The zero-order valence-corrected chi connectivity index (χ0v) is 13.9. The third-order valence-electron chi connectivity index (χ3n) is 4.24. The Morgan fingerprint density at radius 3 is 2.75 bits per heavy atom. The van der Waals surface area contributed by atoms with E-state index < -0.39 is 0 Å². The van der Waals surface area contributed by atoms with E-state index in [2.05, 4.69) is 5.32 Å². The third kappa shape index (κ3) is 3.35. The molecule has 126 valence electrons. The SMILES string of the molecule is CCOc1cc(=O)n2c(c1C(=O)Nc1ccccc1)CCCCC2. The average molecular weight is 326 g/mol. The Bertz CT molecular complexity index is 781. The van der Waals surface area contributed by atoms with Gasteiger partial charge >= 0.3 is 0 Å². The number of nitrogens with zero attached hydrogens (tertiary/aromatic N) is 1. The molecule has 1 aromatic heterocycles. The fraction of sp³-hybridized carbons (Fsp3) is 0.368. The topological polar surface area (TPSA) is 60.3 Å². The maximum absolute atomic E-state index is 12.9. The highest BCUT2D eigenvalue weighted by Gasteiger charge is 2.23. The van der Waals surface area contributed by atoms with Crippen LogP contribution in [-0.4, -0.2) is 17.1 Å². The van der Waals surface area contributed by atoms with Gasteiger partial charge in [-0.25, -0.2) is 0 Å². The first-order chi connectivity index (χ1) is 11.7. The summed E-state index contributed by atoms with van der Waals surface area (Å²) in [7, 11) is 0. The summed E-state index contributed by atoms with van der Waals surface area (Å²) in [6, 6.07) is 10.8. The lowest BCUT2D eigenvalue weighted by Gasteiger charge is -2.18. The molecule has 0 fully saturated rings. The van der Waals surface area contributed by atoms with E-state index in [1.165, 1.54) is 6.07 Å². The number of hydrogen-bond acceptors (Lipinski definition) is 3. The smallest absolute Gasteiger partial charge is 0.261 e. The summed E-state index contributed by atoms with van der Waals surface area (Å²) in [6.45, 7) is 2.92. The highest BCUT2D eigenvalue weighted by atomic mass is 16.5. The summed E-state index contributed by atoms with van der Waals surface area (Å²) in [6.07, 6.45) is 3.71. The van der Waals surface area contributed by atoms with Gasteiger partial charge < -0.3 is 14.6 Å². The predicted molar refractivity (Wildman–Crippen MR) is 93.8 cm³/mol. The molecule has 2 heterocycles. The van der Waals surface area contributed by atoms with Crippen LogP contribution in [0, 0.1) is 0 Å². The second-order valence-electron chi connectivity index (χ2n) is 5.88. The number of ether oxygens (including phenoxy) is 1. The van der Waals surface area contributed by atoms with E-state index in [0.29, 0.717) is 30.9 Å². The molecule has 0 spiro atoms. The predicted octanol–water partition coefficient (Wildman–Crippen LogP) is 3.23. The normalized spacial score (nSPS) is 13.7. The molecule has 1 aliphatic heterocycles. The molecule has 3 rings (SSSR count). The molecule has 24 heavy (non-hydrogen) atoms. The molecular formula is C19H22N2O3. The molecule has 5 nitrogen and oxygen atoms in total. The van der Waals surface area contributed by atoms with E-state index in [-0.39, 0.29) is 11.5 Å². The number of fused-ring (bicyclic) bond motifs is 1. The van der Waals surface area contributed by atoms with Crippen molar-refractivity contribution in [2.24, 2.45) is 0 Å². The summed E-state index contributed by atoms with van der Waals surface area (Å²) in [4.78, 5) is 25.3. The number of anilines is 1. The van der Waals surface area contributed by atoms with Crippen LogP contribution in [-0.2, 0) is 13.0 Å². The van der Waals surface area contributed by atoms with Crippen LogP contribution < -0.4 is 15.6 Å². The molecule has 0 unspecified atom stereocenters. The van der Waals surface area contributed by atoms with Crippen molar-refractivity contribution in [1.29, 1.82) is 0 Å². The van der Waals surface area contributed by atoms with Crippen molar-refractivity contribution in [1.82, 2.24) is 4.57 Å². The van der Waals surface area contributed by atoms with Crippen molar-refractivity contribution in [3.63, 3.8) is 0 Å². The van der Waals surface area contributed by atoms with E-state index in [1.807, 2.05) is 37.3 Å². The molecular weight excluding hydrogens is 304 g/mol. The van der Waals surface area contributed by atoms with Crippen molar-refractivity contribution >= 4 is 11.6 Å². The van der Waals surface area contributed by atoms with E-state index >= 15 is 0 Å². The third-order valence-corrected chi connectivity index (χ3v) is 4.24. The molecule has 1 N–H and O–H groups in total. The first-order valence-corrected chi connectivity index (χ1v) is 8.46. The number of hydrogen-bond donors (Lipinski definition) is 1. The van der Waals surface area contributed by atoms with E-state index in [0.717, 1.165) is 30.6 Å². The van der Waals surface area contributed by atoms with Gasteiger partial charge in [-0.05, 0) is 38.3 Å². The van der Waals surface area contributed by atoms with Gasteiger partial charge in [-0.1, -0.05) is 24.6 Å². The fourth-order valence-electron chi connectivity index (χ4n) is 3.14. The Balaban J connectivity index is 2.06. The van der Waals surface area contributed by atoms with Crippen LogP contribution in [0.2, 0.25) is 0 Å². The lowest BCUT2D eigenvalue weighted by molar-refractivity contribution is 0.102. The van der Waals surface area contributed by atoms with Crippen LogP contribution in [0.3, 0.4) is 0 Å². The van der Waals surface area contributed by atoms with Gasteiger partial charge in [0.1, 0.15) is 11.3 Å². The van der Waals surface area contributed by atoms with Crippen molar-refractivity contribution < 1.29 is 9.53 Å². The standard InChI is InChI=1S/C19H22N2O3/c1-2-24-16-13-17(22)21-12-8-4-7-11-15(21)18(16)19(23)20-14-9-5-3-6-10-14/h3,5-6,9-10,13H,2,4,7-8,11-12H2,1H3,(H,20,23). The van der Waals surface area contributed by atoms with Gasteiger partial charge in [0.25, 0.3) is 11.5 Å². The van der Waals surface area contributed by atoms with E-state index in [9.17, 15) is 9.59 Å². The second-order valence-corrected chi connectivity index (χ2v) is 5.88. The second kappa shape index (κ2) is 7.34. The molecule has 0 atom stereocenters. The number of pyridine rings is 1. The number of rotatable bonds is 4. The summed E-state index contributed by atoms with van der Waals surface area (Å²) in [5.41, 5.74) is 1.91. The number of nitrogens with one attached hydrogen (secondary N) is 1. The molecule has 0 saturated heterocycles. The first kappa shape index (κ1) is 16.3. The summed E-state index contributed by atoms with van der Waals surface area (Å²) in [5, 5.41) is 2.91. The summed E-state index contributed by atoms with van der Waals surface area (Å²) >= 11 is 0. The molecule has 1 aliphatic rings. The number of carbonyl (C=O) groups excluding carboxylic acids is 1. The Morgan fingerprint density at radius 2 is 2.00 bits per heavy atom. The first-order valence-electron chi connectivity index (χ1n) is 8.46. The number of aromatic nitrogens is 1. The molecule has 1 amide bonds. The average Bonchev–Trinajstić information content (AvgIpc) is 2.82. The largest absolute Gasteiger partial charge is 0.493 e. The zero-order chi connectivity index (χ0) is 16.9. The Labute approximate surface area is 141 Å². The van der Waals surface area contributed by atoms with Crippen molar-refractivity contribution in [2.75, 3.05) is 11.9 Å². The summed E-state index contributed by atoms with van der Waals surface area (Å²) in [5.74, 6) is 0.152. The zero-order valence-electron chi connectivity index (χ0n) is 13.9. The molecule has 0 bridgehead atoms. The van der Waals surface area contributed by atoms with Crippen LogP contribution in [0.25, 0.3) is 0 Å². The van der Waals surface area contributed by atoms with Crippen molar-refractivity contribution in [2.45, 2.75) is 39.2 Å². The van der Waals surface area contributed by atoms with Crippen molar-refractivity contribution in [3.8, 4) is 5.75 Å². The Hall–Kier alpha value is -2.56. The van der Waals surface area contributed by atoms with Gasteiger partial charge in [0.05, 0.1) is 6.61 Å². The minimum absolute atomic E-state index is 0.0911. The van der Waals surface area contributed by atoms with Crippen LogP contribution in [0.15, 0.2) is 41.2 Å². The fourth-order valence-corrected chi connectivity index (χ4v) is 3.14. The lowest BCUT2D eigenvalue weighted by atomic mass is 10.1. The Morgan fingerprint density at radius 1 is 1.21 bits per heavy atom. The van der Waals surface area contributed by atoms with Crippen molar-refractivity contribution in [3.05, 3.63) is 58.0 Å². The monoisotopic (exact) mass is 326 g/mol. The number of amides is 1. The molecule has 0 radical (unpaired) electrons. The minimum atomic E-state index is -0.227. The van der Waals surface area contributed by atoms with Crippen LogP contribution in [0.5, 0.6) is 5.75 Å². The molecule has 1 aromatic carbocycles. The molecule has 0 saturated carbocycles. The lowest BCUT2D eigenvalue weighted by Crippen LogP contribution is -2.28. The minimum Gasteiger partial charge on any atom is -0.493 e. The van der Waals surface area contributed by atoms with Gasteiger partial charge in [0.2, 0.25) is 0 Å². The maximum atomic E-state index is 12.9. The van der Waals surface area contributed by atoms with E-state index in [4.69, 9.17) is 4.74 Å². The molecule has 5 heteroatoms. The number of para-hydroxylation sites is 1. The van der Waals surface area contributed by atoms with Gasteiger partial charge in [-0.15, -0.1) is 0 Å². The van der Waals surface area contributed by atoms with Crippen LogP contribution in [0.4, 0.5) is 5.69 Å². The van der Waals surface area contributed by atoms with Crippen LogP contribution >= 0.6 is 0 Å². The molecule has 2 aromatic rings. The Kier molecular flexibility index (Phi) is 4.99. The summed E-state index contributed by atoms with van der Waals surface area (Å²) < 4.78 is 7.34. The van der Waals surface area contributed by atoms with Crippen LogP contribution in [0.1, 0.15) is 42.2 Å². The highest BCUT2D eigenvalue weighted by molar-refractivity contribution is 6.07. The van der Waals surface area contributed by atoms with E-state index in [1.54, 1.807) is 4.57 Å².